The summed E-state index contributed by atoms with van der Waals surface area (Å²) < 4.78 is 6.13. The van der Waals surface area contributed by atoms with E-state index in [1.807, 2.05) is 54.6 Å². The van der Waals surface area contributed by atoms with Gasteiger partial charge in [-0.3, -0.25) is 0 Å². The number of hydrogen-bond donors (Lipinski definition) is 2. The van der Waals surface area contributed by atoms with Crippen LogP contribution in [0.1, 0.15) is 52.7 Å². The summed E-state index contributed by atoms with van der Waals surface area (Å²) in [6.07, 6.45) is 0. The van der Waals surface area contributed by atoms with Crippen molar-refractivity contribution in [3.05, 3.63) is 77.9 Å². The molecule has 0 atom stereocenters. The van der Waals surface area contributed by atoms with E-state index in [-0.39, 0.29) is 10.8 Å². The molecule has 3 heteroatoms. The van der Waals surface area contributed by atoms with Gasteiger partial charge in [-0.15, -0.1) is 12.6 Å². The highest BCUT2D eigenvalue weighted by atomic mass is 32.1. The Morgan fingerprint density at radius 2 is 1.34 bits per heavy atom. The smallest absolute Gasteiger partial charge is 0.150 e. The highest BCUT2D eigenvalue weighted by molar-refractivity contribution is 7.80. The summed E-state index contributed by atoms with van der Waals surface area (Å²) >= 11 is 4.91. The SMILES string of the molecule is CC(C)(C)c1cc(Nc2ccccc2Oc2ccccc2)c(S)c(C(C)(C)C)c1. The number of nitrogens with one attached hydrogen (secondary N) is 1. The Kier molecular flexibility index (Phi) is 6.00. The van der Waals surface area contributed by atoms with Gasteiger partial charge in [-0.1, -0.05) is 77.9 Å². The molecular formula is C26H31NOS. The van der Waals surface area contributed by atoms with E-state index >= 15 is 0 Å². The summed E-state index contributed by atoms with van der Waals surface area (Å²) in [6, 6.07) is 22.3. The van der Waals surface area contributed by atoms with Gasteiger partial charge in [0.25, 0.3) is 0 Å². The molecule has 0 aromatic heterocycles. The van der Waals surface area contributed by atoms with E-state index in [1.54, 1.807) is 0 Å². The second kappa shape index (κ2) is 8.16. The van der Waals surface area contributed by atoms with Crippen molar-refractivity contribution in [1.82, 2.24) is 0 Å². The van der Waals surface area contributed by atoms with E-state index in [2.05, 4.69) is 59.0 Å². The number of hydrogen-bond acceptors (Lipinski definition) is 3. The van der Waals surface area contributed by atoms with Gasteiger partial charge in [0.15, 0.2) is 5.75 Å². The van der Waals surface area contributed by atoms with Crippen LogP contribution < -0.4 is 10.1 Å². The predicted molar refractivity (Wildman–Crippen MR) is 127 cm³/mol. The van der Waals surface area contributed by atoms with E-state index in [0.717, 1.165) is 27.8 Å². The topological polar surface area (TPSA) is 21.3 Å². The van der Waals surface area contributed by atoms with Gasteiger partial charge in [-0.2, -0.15) is 0 Å². The van der Waals surface area contributed by atoms with Crippen LogP contribution in [0.5, 0.6) is 11.5 Å². The van der Waals surface area contributed by atoms with E-state index in [9.17, 15) is 0 Å². The highest BCUT2D eigenvalue weighted by Gasteiger charge is 2.24. The zero-order chi connectivity index (χ0) is 21.2. The molecule has 29 heavy (non-hydrogen) atoms. The first-order valence-corrected chi connectivity index (χ1v) is 10.5. The second-order valence-corrected chi connectivity index (χ2v) is 9.90. The highest BCUT2D eigenvalue weighted by Crippen LogP contribution is 2.40. The predicted octanol–water partition coefficient (Wildman–Crippen LogP) is 8.11. The van der Waals surface area contributed by atoms with Crippen LogP contribution in [-0.4, -0.2) is 0 Å². The van der Waals surface area contributed by atoms with Crippen LogP contribution in [0.3, 0.4) is 0 Å². The van der Waals surface area contributed by atoms with Crippen molar-refractivity contribution in [2.45, 2.75) is 57.3 Å². The van der Waals surface area contributed by atoms with Crippen LogP contribution in [-0.2, 0) is 10.8 Å². The first kappa shape index (κ1) is 21.3. The number of ether oxygens (including phenoxy) is 1. The van der Waals surface area contributed by atoms with Crippen LogP contribution >= 0.6 is 12.6 Å². The monoisotopic (exact) mass is 405 g/mol. The average Bonchev–Trinajstić information content (AvgIpc) is 2.64. The molecule has 0 aliphatic heterocycles. The van der Waals surface area contributed by atoms with Gasteiger partial charge < -0.3 is 10.1 Å². The quantitative estimate of drug-likeness (QED) is 0.428. The van der Waals surface area contributed by atoms with Crippen LogP contribution in [0, 0.1) is 0 Å². The van der Waals surface area contributed by atoms with Crippen molar-refractivity contribution in [1.29, 1.82) is 0 Å². The van der Waals surface area contributed by atoms with Gasteiger partial charge in [-0.25, -0.2) is 0 Å². The van der Waals surface area contributed by atoms with E-state index < -0.39 is 0 Å². The number of anilines is 2. The minimum absolute atomic E-state index is 0.00513. The van der Waals surface area contributed by atoms with Crippen LogP contribution in [0.4, 0.5) is 11.4 Å². The molecule has 0 radical (unpaired) electrons. The molecule has 1 N–H and O–H groups in total. The van der Waals surface area contributed by atoms with E-state index in [1.165, 1.54) is 11.1 Å². The fraction of sp³-hybridized carbons (Fsp3) is 0.308. The summed E-state index contributed by atoms with van der Waals surface area (Å²) in [6.45, 7) is 13.4. The van der Waals surface area contributed by atoms with Crippen molar-refractivity contribution in [2.24, 2.45) is 0 Å². The largest absolute Gasteiger partial charge is 0.455 e. The summed E-state index contributed by atoms with van der Waals surface area (Å²) in [5.74, 6) is 1.59. The fourth-order valence-corrected chi connectivity index (χ4v) is 3.67. The van der Waals surface area contributed by atoms with Gasteiger partial charge in [0, 0.05) is 4.90 Å². The molecule has 3 rings (SSSR count). The summed E-state index contributed by atoms with van der Waals surface area (Å²) in [5, 5.41) is 3.58. The molecule has 0 unspecified atom stereocenters. The minimum Gasteiger partial charge on any atom is -0.455 e. The molecule has 152 valence electrons. The number of para-hydroxylation sites is 3. The third-order valence-electron chi connectivity index (χ3n) is 4.91. The Morgan fingerprint density at radius 1 is 0.724 bits per heavy atom. The van der Waals surface area contributed by atoms with Gasteiger partial charge in [0.2, 0.25) is 0 Å². The van der Waals surface area contributed by atoms with Gasteiger partial charge in [0.1, 0.15) is 5.75 Å². The lowest BCUT2D eigenvalue weighted by Crippen LogP contribution is -2.18. The number of benzene rings is 3. The average molecular weight is 406 g/mol. The number of rotatable bonds is 4. The zero-order valence-corrected chi connectivity index (χ0v) is 19.1. The maximum Gasteiger partial charge on any atom is 0.150 e. The molecule has 0 bridgehead atoms. The summed E-state index contributed by atoms with van der Waals surface area (Å²) in [4.78, 5) is 0.972. The third kappa shape index (κ3) is 5.16. The van der Waals surface area contributed by atoms with Crippen molar-refractivity contribution >= 4 is 24.0 Å². The Morgan fingerprint density at radius 3 is 1.97 bits per heavy atom. The van der Waals surface area contributed by atoms with Gasteiger partial charge in [0.05, 0.1) is 11.4 Å². The van der Waals surface area contributed by atoms with Crippen LogP contribution in [0.15, 0.2) is 71.6 Å². The Balaban J connectivity index is 2.05. The molecule has 0 heterocycles. The maximum absolute atomic E-state index is 6.13. The van der Waals surface area contributed by atoms with Gasteiger partial charge in [-0.05, 0) is 52.3 Å². The molecule has 0 fully saturated rings. The van der Waals surface area contributed by atoms with Crippen LogP contribution in [0.25, 0.3) is 0 Å². The summed E-state index contributed by atoms with van der Waals surface area (Å²) in [5.41, 5.74) is 4.46. The van der Waals surface area contributed by atoms with E-state index in [0.29, 0.717) is 0 Å². The molecule has 2 nitrogen and oxygen atoms in total. The molecule has 0 amide bonds. The Labute approximate surface area is 180 Å². The molecule has 0 saturated carbocycles. The first-order valence-electron chi connectivity index (χ1n) is 10.0. The molecular weight excluding hydrogens is 374 g/mol. The molecule has 0 aliphatic carbocycles. The Bertz CT molecular complexity index is 982. The maximum atomic E-state index is 6.13. The minimum atomic E-state index is -0.00513. The lowest BCUT2D eigenvalue weighted by molar-refractivity contribution is 0.485. The first-order chi connectivity index (χ1) is 13.6. The van der Waals surface area contributed by atoms with Crippen molar-refractivity contribution < 1.29 is 4.74 Å². The zero-order valence-electron chi connectivity index (χ0n) is 18.2. The van der Waals surface area contributed by atoms with Crippen LogP contribution in [0.2, 0.25) is 0 Å². The molecule has 3 aromatic rings. The normalized spacial score (nSPS) is 12.0. The van der Waals surface area contributed by atoms with Crippen molar-refractivity contribution in [2.75, 3.05) is 5.32 Å². The fourth-order valence-electron chi connectivity index (χ4n) is 3.15. The second-order valence-electron chi connectivity index (χ2n) is 9.46. The standard InChI is InChI=1S/C26H31NOS/c1-25(2,3)18-16-20(26(4,5)6)24(29)22(17-18)27-21-14-10-11-15-23(21)28-19-12-8-7-9-13-19/h7-17,27,29H,1-6H3. The van der Waals surface area contributed by atoms with Crippen molar-refractivity contribution in [3.8, 4) is 11.5 Å². The lowest BCUT2D eigenvalue weighted by atomic mass is 9.80. The molecule has 3 aromatic carbocycles. The molecule has 0 aliphatic rings. The third-order valence-corrected chi connectivity index (χ3v) is 5.39. The van der Waals surface area contributed by atoms with E-state index in [4.69, 9.17) is 17.4 Å². The number of thiol groups is 1. The lowest BCUT2D eigenvalue weighted by Gasteiger charge is -2.28. The molecule has 0 saturated heterocycles. The Hall–Kier alpha value is -2.39. The summed E-state index contributed by atoms with van der Waals surface area (Å²) in [7, 11) is 0. The molecule has 0 spiro atoms. The van der Waals surface area contributed by atoms with Gasteiger partial charge >= 0.3 is 0 Å². The van der Waals surface area contributed by atoms with Crippen molar-refractivity contribution in [3.63, 3.8) is 0 Å².